The molecule has 2 rings (SSSR count). The Kier molecular flexibility index (Phi) is 3.96. The lowest BCUT2D eigenvalue weighted by Crippen LogP contribution is -2.36. The third kappa shape index (κ3) is 2.69. The minimum Gasteiger partial charge on any atom is -0.481 e. The molecule has 0 aliphatic heterocycles. The molecule has 98 valence electrons. The summed E-state index contributed by atoms with van der Waals surface area (Å²) in [6.07, 6.45) is 3.76. The summed E-state index contributed by atoms with van der Waals surface area (Å²) in [6, 6.07) is -0.160. The molecule has 1 aliphatic carbocycles. The standard InChI is InChI=1S/C12H16N2O3S/c1-7(11-13-5-6-18-11)14-10(15)8-3-2-4-9(8)12(16)17/h5-9H,2-4H2,1H3,(H,14,15)(H,16,17). The van der Waals surface area contributed by atoms with Gasteiger partial charge in [0, 0.05) is 11.6 Å². The molecular formula is C12H16N2O3S. The average molecular weight is 268 g/mol. The van der Waals surface area contributed by atoms with Crippen LogP contribution in [-0.2, 0) is 9.59 Å². The van der Waals surface area contributed by atoms with Crippen LogP contribution in [0.4, 0.5) is 0 Å². The van der Waals surface area contributed by atoms with Gasteiger partial charge in [-0.05, 0) is 19.8 Å². The molecule has 0 saturated heterocycles. The van der Waals surface area contributed by atoms with Crippen molar-refractivity contribution in [2.75, 3.05) is 0 Å². The maximum Gasteiger partial charge on any atom is 0.307 e. The molecule has 1 aliphatic rings. The number of aliphatic carboxylic acids is 1. The summed E-state index contributed by atoms with van der Waals surface area (Å²) in [5, 5.41) is 14.6. The van der Waals surface area contributed by atoms with Crippen LogP contribution in [0, 0.1) is 11.8 Å². The number of hydrogen-bond donors (Lipinski definition) is 2. The van der Waals surface area contributed by atoms with Crippen molar-refractivity contribution in [1.82, 2.24) is 10.3 Å². The van der Waals surface area contributed by atoms with E-state index in [-0.39, 0.29) is 11.9 Å². The Bertz CT molecular complexity index is 433. The lowest BCUT2D eigenvalue weighted by Gasteiger charge is -2.18. The van der Waals surface area contributed by atoms with E-state index in [1.807, 2.05) is 12.3 Å². The predicted octanol–water partition coefficient (Wildman–Crippen LogP) is 1.82. The van der Waals surface area contributed by atoms with E-state index in [0.717, 1.165) is 11.4 Å². The topological polar surface area (TPSA) is 79.3 Å². The third-order valence-corrected chi connectivity index (χ3v) is 4.31. The van der Waals surface area contributed by atoms with Crippen LogP contribution >= 0.6 is 11.3 Å². The second-order valence-corrected chi connectivity index (χ2v) is 5.51. The minimum atomic E-state index is -0.866. The Morgan fingerprint density at radius 1 is 1.50 bits per heavy atom. The molecule has 0 aromatic carbocycles. The highest BCUT2D eigenvalue weighted by Crippen LogP contribution is 2.32. The summed E-state index contributed by atoms with van der Waals surface area (Å²) in [6.45, 7) is 1.86. The lowest BCUT2D eigenvalue weighted by molar-refractivity contribution is -0.146. The van der Waals surface area contributed by atoms with Gasteiger partial charge in [-0.2, -0.15) is 0 Å². The van der Waals surface area contributed by atoms with Gasteiger partial charge in [0.1, 0.15) is 5.01 Å². The number of hydrogen-bond acceptors (Lipinski definition) is 4. The van der Waals surface area contributed by atoms with Crippen molar-refractivity contribution in [3.63, 3.8) is 0 Å². The first-order valence-electron chi connectivity index (χ1n) is 6.02. The van der Waals surface area contributed by atoms with Crippen LogP contribution in [0.25, 0.3) is 0 Å². The fourth-order valence-electron chi connectivity index (χ4n) is 2.40. The molecule has 6 heteroatoms. The number of aromatic nitrogens is 1. The molecular weight excluding hydrogens is 252 g/mol. The van der Waals surface area contributed by atoms with Crippen molar-refractivity contribution in [1.29, 1.82) is 0 Å². The summed E-state index contributed by atoms with van der Waals surface area (Å²) in [5.41, 5.74) is 0. The maximum absolute atomic E-state index is 12.1. The highest BCUT2D eigenvalue weighted by Gasteiger charge is 2.38. The zero-order valence-corrected chi connectivity index (χ0v) is 10.9. The molecule has 3 atom stereocenters. The molecule has 18 heavy (non-hydrogen) atoms. The van der Waals surface area contributed by atoms with Gasteiger partial charge in [-0.1, -0.05) is 6.42 Å². The highest BCUT2D eigenvalue weighted by atomic mass is 32.1. The quantitative estimate of drug-likeness (QED) is 0.873. The third-order valence-electron chi connectivity index (χ3n) is 3.35. The number of carbonyl (C=O) groups excluding carboxylic acids is 1. The van der Waals surface area contributed by atoms with Crippen molar-refractivity contribution in [2.45, 2.75) is 32.2 Å². The first kappa shape index (κ1) is 13.0. The lowest BCUT2D eigenvalue weighted by atomic mass is 9.95. The largest absolute Gasteiger partial charge is 0.481 e. The van der Waals surface area contributed by atoms with E-state index in [2.05, 4.69) is 10.3 Å². The monoisotopic (exact) mass is 268 g/mol. The summed E-state index contributed by atoms with van der Waals surface area (Å²) in [4.78, 5) is 27.2. The Labute approximate surface area is 109 Å². The Hall–Kier alpha value is -1.43. The van der Waals surface area contributed by atoms with Crippen molar-refractivity contribution >= 4 is 23.2 Å². The fraction of sp³-hybridized carbons (Fsp3) is 0.583. The van der Waals surface area contributed by atoms with Gasteiger partial charge < -0.3 is 10.4 Å². The van der Waals surface area contributed by atoms with Gasteiger partial charge >= 0.3 is 5.97 Å². The van der Waals surface area contributed by atoms with Gasteiger partial charge in [0.15, 0.2) is 0 Å². The van der Waals surface area contributed by atoms with E-state index in [1.54, 1.807) is 6.20 Å². The minimum absolute atomic E-state index is 0.160. The van der Waals surface area contributed by atoms with Crippen LogP contribution in [0.1, 0.15) is 37.2 Å². The Morgan fingerprint density at radius 2 is 2.22 bits per heavy atom. The van der Waals surface area contributed by atoms with Crippen molar-refractivity contribution < 1.29 is 14.7 Å². The molecule has 2 N–H and O–H groups in total. The zero-order valence-electron chi connectivity index (χ0n) is 10.1. The predicted molar refractivity (Wildman–Crippen MR) is 67.1 cm³/mol. The Morgan fingerprint density at radius 3 is 2.83 bits per heavy atom. The van der Waals surface area contributed by atoms with E-state index in [9.17, 15) is 9.59 Å². The second kappa shape index (κ2) is 5.48. The van der Waals surface area contributed by atoms with Crippen LogP contribution in [0.5, 0.6) is 0 Å². The van der Waals surface area contributed by atoms with Gasteiger partial charge in [-0.25, -0.2) is 4.98 Å². The molecule has 0 radical (unpaired) electrons. The number of nitrogens with zero attached hydrogens (tertiary/aromatic N) is 1. The van der Waals surface area contributed by atoms with Crippen molar-refractivity contribution in [3.8, 4) is 0 Å². The van der Waals surface area contributed by atoms with Crippen LogP contribution in [0.15, 0.2) is 11.6 Å². The van der Waals surface area contributed by atoms with Gasteiger partial charge in [-0.3, -0.25) is 9.59 Å². The van der Waals surface area contributed by atoms with Gasteiger partial charge in [0.25, 0.3) is 0 Å². The van der Waals surface area contributed by atoms with Crippen molar-refractivity contribution in [2.24, 2.45) is 11.8 Å². The number of carboxylic acids is 1. The number of amides is 1. The smallest absolute Gasteiger partial charge is 0.307 e. The molecule has 5 nitrogen and oxygen atoms in total. The van der Waals surface area contributed by atoms with Crippen LogP contribution in [0.2, 0.25) is 0 Å². The molecule has 1 aromatic heterocycles. The number of rotatable bonds is 4. The highest BCUT2D eigenvalue weighted by molar-refractivity contribution is 7.09. The van der Waals surface area contributed by atoms with Gasteiger partial charge in [0.2, 0.25) is 5.91 Å². The van der Waals surface area contributed by atoms with Crippen LogP contribution < -0.4 is 5.32 Å². The van der Waals surface area contributed by atoms with Gasteiger partial charge in [-0.15, -0.1) is 11.3 Å². The van der Waals surface area contributed by atoms with Gasteiger partial charge in [0.05, 0.1) is 17.9 Å². The molecule has 0 spiro atoms. The molecule has 1 fully saturated rings. The summed E-state index contributed by atoms with van der Waals surface area (Å²) in [5.74, 6) is -1.96. The molecule has 1 heterocycles. The maximum atomic E-state index is 12.1. The van der Waals surface area contributed by atoms with E-state index < -0.39 is 17.8 Å². The van der Waals surface area contributed by atoms with E-state index in [0.29, 0.717) is 12.8 Å². The number of carbonyl (C=O) groups is 2. The number of carboxylic acid groups (broad SMARTS) is 1. The second-order valence-electron chi connectivity index (χ2n) is 4.58. The van der Waals surface area contributed by atoms with E-state index >= 15 is 0 Å². The molecule has 1 amide bonds. The molecule has 3 unspecified atom stereocenters. The first-order chi connectivity index (χ1) is 8.59. The summed E-state index contributed by atoms with van der Waals surface area (Å²) < 4.78 is 0. The number of thiazole rings is 1. The van der Waals surface area contributed by atoms with Crippen LogP contribution in [0.3, 0.4) is 0 Å². The SMILES string of the molecule is CC(NC(=O)C1CCCC1C(=O)O)c1nccs1. The van der Waals surface area contributed by atoms with Crippen molar-refractivity contribution in [3.05, 3.63) is 16.6 Å². The normalized spacial score (nSPS) is 24.7. The molecule has 1 saturated carbocycles. The Balaban J connectivity index is 1.97. The average Bonchev–Trinajstić information content (AvgIpc) is 3.00. The molecule has 1 aromatic rings. The zero-order chi connectivity index (χ0) is 13.1. The van der Waals surface area contributed by atoms with E-state index in [1.165, 1.54) is 11.3 Å². The number of nitrogens with one attached hydrogen (secondary N) is 1. The van der Waals surface area contributed by atoms with Crippen LogP contribution in [-0.4, -0.2) is 22.0 Å². The fourth-order valence-corrected chi connectivity index (χ4v) is 3.05. The first-order valence-corrected chi connectivity index (χ1v) is 6.90. The summed E-state index contributed by atoms with van der Waals surface area (Å²) in [7, 11) is 0. The van der Waals surface area contributed by atoms with E-state index in [4.69, 9.17) is 5.11 Å². The summed E-state index contributed by atoms with van der Waals surface area (Å²) >= 11 is 1.48. The molecule has 0 bridgehead atoms.